The number of ether oxygens (including phenoxy) is 2. The fourth-order valence-electron chi connectivity index (χ4n) is 1.65. The van der Waals surface area contributed by atoms with E-state index < -0.39 is 7.82 Å². The van der Waals surface area contributed by atoms with Crippen molar-refractivity contribution in [2.75, 3.05) is 47.1 Å². The third-order valence-corrected chi connectivity index (χ3v) is 4.02. The molecule has 1 unspecified atom stereocenters. The number of quaternary nitrogens is 1. The molecule has 0 fully saturated rings. The molecule has 0 aromatic rings. The van der Waals surface area contributed by atoms with Crippen LogP contribution in [-0.4, -0.2) is 73.3 Å². The van der Waals surface area contributed by atoms with E-state index >= 15 is 0 Å². The van der Waals surface area contributed by atoms with E-state index in [0.29, 0.717) is 23.3 Å². The summed E-state index contributed by atoms with van der Waals surface area (Å²) in [4.78, 5) is 28.3. The van der Waals surface area contributed by atoms with E-state index in [0.717, 1.165) is 13.0 Å². The monoisotopic (exact) mass is 354 g/mol. The Balaban J connectivity index is 3.91. The summed E-state index contributed by atoms with van der Waals surface area (Å²) in [7, 11) is -0.343. The molecule has 0 rings (SSSR count). The molecule has 0 aromatic heterocycles. The molecular weight excluding hydrogens is 325 g/mol. The van der Waals surface area contributed by atoms with Crippen LogP contribution in [0.1, 0.15) is 20.3 Å². The van der Waals surface area contributed by atoms with Crippen molar-refractivity contribution < 1.29 is 37.6 Å². The summed E-state index contributed by atoms with van der Waals surface area (Å²) in [6.45, 7) is 8.69. The molecular formula is C14H29NO7P+. The van der Waals surface area contributed by atoms with Crippen LogP contribution in [0, 0.1) is 0 Å². The molecule has 2 N–H and O–H groups in total. The van der Waals surface area contributed by atoms with Gasteiger partial charge in [0.1, 0.15) is 6.04 Å². The summed E-state index contributed by atoms with van der Waals surface area (Å²) < 4.78 is 25.9. The van der Waals surface area contributed by atoms with Gasteiger partial charge in [0.25, 0.3) is 0 Å². The van der Waals surface area contributed by atoms with Crippen molar-refractivity contribution in [1.82, 2.24) is 0 Å². The van der Waals surface area contributed by atoms with Gasteiger partial charge >= 0.3 is 13.8 Å². The minimum atomic E-state index is -4.43. The number of carbonyl (C=O) groups excluding carboxylic acids is 1. The number of carbonyl (C=O) groups is 1. The molecule has 0 aliphatic rings. The number of esters is 1. The Bertz CT molecular complexity index is 433. The first-order valence-corrected chi connectivity index (χ1v) is 8.92. The van der Waals surface area contributed by atoms with Crippen LogP contribution < -0.4 is 0 Å². The second kappa shape index (κ2) is 10.2. The molecule has 0 amide bonds. The van der Waals surface area contributed by atoms with E-state index in [1.165, 1.54) is 0 Å². The Morgan fingerprint density at radius 3 is 2.39 bits per heavy atom. The van der Waals surface area contributed by atoms with Gasteiger partial charge in [-0.1, -0.05) is 6.58 Å². The minimum Gasteiger partial charge on any atom is -0.462 e. The van der Waals surface area contributed by atoms with Crippen LogP contribution in [0.3, 0.4) is 0 Å². The van der Waals surface area contributed by atoms with E-state index in [1.807, 2.05) is 21.0 Å². The lowest BCUT2D eigenvalue weighted by molar-refractivity contribution is -0.913. The highest BCUT2D eigenvalue weighted by Crippen LogP contribution is 2.35. The molecule has 0 spiro atoms. The normalized spacial score (nSPS) is 13.7. The number of hydrogen-bond donors (Lipinski definition) is 2. The van der Waals surface area contributed by atoms with Crippen LogP contribution in [0.15, 0.2) is 12.2 Å². The van der Waals surface area contributed by atoms with Crippen LogP contribution in [0.4, 0.5) is 0 Å². The van der Waals surface area contributed by atoms with E-state index in [9.17, 15) is 9.36 Å². The molecule has 0 saturated heterocycles. The molecule has 0 aliphatic carbocycles. The van der Waals surface area contributed by atoms with Gasteiger partial charge in [-0.15, -0.1) is 0 Å². The summed E-state index contributed by atoms with van der Waals surface area (Å²) in [6.07, 6.45) is 0.720. The zero-order valence-corrected chi connectivity index (χ0v) is 15.3. The van der Waals surface area contributed by atoms with Gasteiger partial charge in [0.05, 0.1) is 47.1 Å². The van der Waals surface area contributed by atoms with Gasteiger partial charge in [0, 0.05) is 12.0 Å². The fraction of sp³-hybridized carbons (Fsp3) is 0.786. The van der Waals surface area contributed by atoms with Crippen LogP contribution in [0.2, 0.25) is 0 Å². The molecule has 1 atom stereocenters. The molecule has 23 heavy (non-hydrogen) atoms. The predicted molar refractivity (Wildman–Crippen MR) is 85.6 cm³/mol. The average molecular weight is 354 g/mol. The van der Waals surface area contributed by atoms with E-state index in [-0.39, 0.29) is 25.2 Å². The summed E-state index contributed by atoms with van der Waals surface area (Å²) >= 11 is 0. The van der Waals surface area contributed by atoms with Crippen LogP contribution >= 0.6 is 7.82 Å². The molecule has 0 radical (unpaired) electrons. The van der Waals surface area contributed by atoms with Crippen LogP contribution in [0.25, 0.3) is 0 Å². The van der Waals surface area contributed by atoms with Crippen molar-refractivity contribution in [2.24, 2.45) is 0 Å². The number of rotatable bonds is 12. The van der Waals surface area contributed by atoms with E-state index in [2.05, 4.69) is 11.1 Å². The minimum absolute atomic E-state index is 0.117. The van der Waals surface area contributed by atoms with Crippen molar-refractivity contribution in [3.8, 4) is 0 Å². The third-order valence-electron chi connectivity index (χ3n) is 3.50. The lowest BCUT2D eigenvalue weighted by Gasteiger charge is -2.36. The maximum absolute atomic E-state index is 11.3. The van der Waals surface area contributed by atoms with Gasteiger partial charge < -0.3 is 23.7 Å². The maximum Gasteiger partial charge on any atom is 0.469 e. The number of hydrogen-bond acceptors (Lipinski definition) is 5. The van der Waals surface area contributed by atoms with Crippen molar-refractivity contribution in [3.05, 3.63) is 12.2 Å². The fourth-order valence-corrected chi connectivity index (χ4v) is 1.96. The molecule has 0 saturated carbocycles. The number of phosphoric ester groups is 1. The Kier molecular flexibility index (Phi) is 9.84. The van der Waals surface area contributed by atoms with Gasteiger partial charge in [-0.3, -0.25) is 4.52 Å². The topological polar surface area (TPSA) is 102 Å². The van der Waals surface area contributed by atoms with Crippen molar-refractivity contribution in [3.63, 3.8) is 0 Å². The molecule has 136 valence electrons. The smallest absolute Gasteiger partial charge is 0.462 e. The molecule has 0 aromatic carbocycles. The van der Waals surface area contributed by atoms with Gasteiger partial charge in [-0.25, -0.2) is 9.36 Å². The van der Waals surface area contributed by atoms with Gasteiger partial charge in [0.15, 0.2) is 0 Å². The van der Waals surface area contributed by atoms with Crippen molar-refractivity contribution in [1.29, 1.82) is 0 Å². The third kappa shape index (κ3) is 11.4. The molecule has 9 heteroatoms. The standard InChI is InChI=1S/C14H28NO7P/c1-12(2)14(16)21-8-6-7-15(4,5)13(3)11-20-9-10-22-23(17,18)19/h13H,1,6-11H2,2-5H3,(H-,17,18,19)/p+1. The summed E-state index contributed by atoms with van der Waals surface area (Å²) in [5, 5.41) is 0. The molecule has 0 aliphatic heterocycles. The first-order valence-electron chi connectivity index (χ1n) is 7.39. The van der Waals surface area contributed by atoms with Gasteiger partial charge in [-0.2, -0.15) is 0 Å². The van der Waals surface area contributed by atoms with Crippen molar-refractivity contribution >= 4 is 13.8 Å². The number of phosphoric acid groups is 1. The average Bonchev–Trinajstić information content (AvgIpc) is 2.41. The number of nitrogens with zero attached hydrogens (tertiary/aromatic N) is 1. The van der Waals surface area contributed by atoms with Crippen molar-refractivity contribution in [2.45, 2.75) is 26.3 Å². The Morgan fingerprint density at radius 2 is 1.87 bits per heavy atom. The highest BCUT2D eigenvalue weighted by Gasteiger charge is 2.24. The van der Waals surface area contributed by atoms with E-state index in [4.69, 9.17) is 19.3 Å². The molecule has 0 bridgehead atoms. The van der Waals surface area contributed by atoms with E-state index in [1.54, 1.807) is 6.92 Å². The predicted octanol–water partition coefficient (Wildman–Crippen LogP) is 1.09. The summed E-state index contributed by atoms with van der Waals surface area (Å²) in [5.74, 6) is -0.378. The van der Waals surface area contributed by atoms with Crippen LogP contribution in [0.5, 0.6) is 0 Å². The Labute approximate surface area is 137 Å². The maximum atomic E-state index is 11.3. The summed E-state index contributed by atoms with van der Waals surface area (Å²) in [5.41, 5.74) is 0.387. The largest absolute Gasteiger partial charge is 0.469 e. The lowest BCUT2D eigenvalue weighted by Crippen LogP contribution is -2.50. The highest BCUT2D eigenvalue weighted by molar-refractivity contribution is 7.46. The highest BCUT2D eigenvalue weighted by atomic mass is 31.2. The Hall–Kier alpha value is -0.760. The second-order valence-corrected chi connectivity index (χ2v) is 7.26. The Morgan fingerprint density at radius 1 is 1.26 bits per heavy atom. The molecule has 8 nitrogen and oxygen atoms in total. The lowest BCUT2D eigenvalue weighted by atomic mass is 10.2. The molecule has 0 heterocycles. The van der Waals surface area contributed by atoms with Gasteiger partial charge in [-0.05, 0) is 13.8 Å². The summed E-state index contributed by atoms with van der Waals surface area (Å²) in [6, 6.07) is 0.168. The quantitative estimate of drug-likeness (QED) is 0.178. The van der Waals surface area contributed by atoms with Gasteiger partial charge in [0.2, 0.25) is 0 Å². The zero-order valence-electron chi connectivity index (χ0n) is 14.4. The first kappa shape index (κ1) is 22.2. The number of likely N-dealkylation sites (N-methyl/N-ethyl adjacent to an activating group) is 1. The van der Waals surface area contributed by atoms with Crippen LogP contribution in [-0.2, 0) is 23.4 Å². The second-order valence-electron chi connectivity index (χ2n) is 6.02. The SMILES string of the molecule is C=C(C)C(=O)OCCC[N+](C)(C)C(C)COCCOP(=O)(O)O. The zero-order chi connectivity index (χ0) is 18.1. The first-order chi connectivity index (χ1) is 10.5.